The van der Waals surface area contributed by atoms with Crippen LogP contribution in [0.5, 0.6) is 0 Å². The third-order valence-corrected chi connectivity index (χ3v) is 2.55. The molecule has 1 fully saturated rings. The highest BCUT2D eigenvalue weighted by atomic mass is 32.2. The number of imide groups is 1. The van der Waals surface area contributed by atoms with Crippen molar-refractivity contribution in [2.75, 3.05) is 5.75 Å². The lowest BCUT2D eigenvalue weighted by atomic mass is 10.4. The van der Waals surface area contributed by atoms with Crippen molar-refractivity contribution in [2.24, 2.45) is 0 Å². The summed E-state index contributed by atoms with van der Waals surface area (Å²) in [5, 5.41) is 2.05. The van der Waals surface area contributed by atoms with Crippen molar-refractivity contribution in [1.29, 1.82) is 0 Å². The van der Waals surface area contributed by atoms with E-state index in [0.29, 0.717) is 12.2 Å². The molecule has 1 aliphatic rings. The maximum Gasteiger partial charge on any atom is 0.240 e. The van der Waals surface area contributed by atoms with Crippen LogP contribution in [-0.2, 0) is 9.59 Å². The summed E-state index contributed by atoms with van der Waals surface area (Å²) in [6.45, 7) is 3.53. The van der Waals surface area contributed by atoms with E-state index in [0.717, 1.165) is 0 Å². The maximum absolute atomic E-state index is 10.9. The SMILES string of the molecule is C=CCSC1CC(=O)NC1=O. The number of hydrogen-bond acceptors (Lipinski definition) is 3. The third kappa shape index (κ3) is 2.08. The molecule has 1 aliphatic heterocycles. The average molecular weight is 171 g/mol. The number of carbonyl (C=O) groups is 2. The summed E-state index contributed by atoms with van der Waals surface area (Å²) in [6.07, 6.45) is 2.04. The van der Waals surface area contributed by atoms with Crippen molar-refractivity contribution in [3.63, 3.8) is 0 Å². The van der Waals surface area contributed by atoms with Gasteiger partial charge in [-0.1, -0.05) is 6.08 Å². The van der Waals surface area contributed by atoms with E-state index in [-0.39, 0.29) is 17.1 Å². The van der Waals surface area contributed by atoms with Crippen LogP contribution in [0.1, 0.15) is 6.42 Å². The van der Waals surface area contributed by atoms with Crippen molar-refractivity contribution in [1.82, 2.24) is 5.32 Å². The van der Waals surface area contributed by atoms with Crippen LogP contribution in [0.4, 0.5) is 0 Å². The van der Waals surface area contributed by atoms with Crippen molar-refractivity contribution < 1.29 is 9.59 Å². The molecule has 0 aromatic heterocycles. The van der Waals surface area contributed by atoms with E-state index in [4.69, 9.17) is 0 Å². The molecule has 0 aromatic carbocycles. The fourth-order valence-corrected chi connectivity index (χ4v) is 1.70. The molecule has 2 amide bonds. The standard InChI is InChI=1S/C7H9NO2S/c1-2-3-11-5-4-6(9)8-7(5)10/h2,5H,1,3-4H2,(H,8,9,10). The zero-order chi connectivity index (χ0) is 8.27. The molecule has 1 atom stereocenters. The number of amides is 2. The number of rotatable bonds is 3. The van der Waals surface area contributed by atoms with Crippen molar-refractivity contribution in [3.8, 4) is 0 Å². The number of thioether (sulfide) groups is 1. The Kier molecular flexibility index (Phi) is 2.70. The van der Waals surface area contributed by atoms with Crippen LogP contribution in [0.25, 0.3) is 0 Å². The van der Waals surface area contributed by atoms with E-state index in [1.165, 1.54) is 11.8 Å². The Morgan fingerprint density at radius 2 is 2.45 bits per heavy atom. The van der Waals surface area contributed by atoms with Gasteiger partial charge in [0.2, 0.25) is 11.8 Å². The van der Waals surface area contributed by atoms with Gasteiger partial charge < -0.3 is 0 Å². The molecule has 4 heteroatoms. The first-order chi connectivity index (χ1) is 5.24. The van der Waals surface area contributed by atoms with E-state index < -0.39 is 0 Å². The lowest BCUT2D eigenvalue weighted by Crippen LogP contribution is -2.23. The normalized spacial score (nSPS) is 23.5. The summed E-state index contributed by atoms with van der Waals surface area (Å²) in [5.41, 5.74) is 0. The molecule has 1 N–H and O–H groups in total. The molecule has 0 aliphatic carbocycles. The number of carbonyl (C=O) groups excluding carboxylic acids is 2. The number of nitrogens with one attached hydrogen (secondary N) is 1. The molecule has 11 heavy (non-hydrogen) atoms. The Morgan fingerprint density at radius 3 is 2.91 bits per heavy atom. The van der Waals surface area contributed by atoms with Crippen molar-refractivity contribution in [3.05, 3.63) is 12.7 Å². The zero-order valence-electron chi connectivity index (χ0n) is 6.00. The molecule has 3 nitrogen and oxygen atoms in total. The van der Waals surface area contributed by atoms with Gasteiger partial charge in [-0.15, -0.1) is 18.3 Å². The predicted octanol–water partition coefficient (Wildman–Crippen LogP) is 0.321. The molecule has 1 rings (SSSR count). The first-order valence-corrected chi connectivity index (χ1v) is 4.35. The second-order valence-corrected chi connectivity index (χ2v) is 3.46. The van der Waals surface area contributed by atoms with Gasteiger partial charge in [-0.2, -0.15) is 0 Å². The summed E-state index contributed by atoms with van der Waals surface area (Å²) in [6, 6.07) is 0. The molecule has 0 spiro atoms. The molecule has 0 bridgehead atoms. The van der Waals surface area contributed by atoms with Gasteiger partial charge in [0, 0.05) is 12.2 Å². The minimum absolute atomic E-state index is 0.165. The Morgan fingerprint density at radius 1 is 1.73 bits per heavy atom. The molecule has 60 valence electrons. The van der Waals surface area contributed by atoms with E-state index >= 15 is 0 Å². The van der Waals surface area contributed by atoms with Crippen LogP contribution in [0, 0.1) is 0 Å². The zero-order valence-corrected chi connectivity index (χ0v) is 6.82. The van der Waals surface area contributed by atoms with Crippen molar-refractivity contribution in [2.45, 2.75) is 11.7 Å². The molecule has 0 aromatic rings. The maximum atomic E-state index is 10.9. The Bertz CT molecular complexity index is 203. The molecule has 0 saturated carbocycles. The molecule has 1 saturated heterocycles. The van der Waals surface area contributed by atoms with Gasteiger partial charge in [0.05, 0.1) is 5.25 Å². The molecular weight excluding hydrogens is 162 g/mol. The van der Waals surface area contributed by atoms with E-state index in [1.807, 2.05) is 0 Å². The third-order valence-electron chi connectivity index (χ3n) is 1.34. The fraction of sp³-hybridized carbons (Fsp3) is 0.429. The predicted molar refractivity (Wildman–Crippen MR) is 44.2 cm³/mol. The molecule has 1 heterocycles. The summed E-state index contributed by atoms with van der Waals surface area (Å²) in [5.74, 6) is 0.379. The minimum atomic E-state index is -0.194. The van der Waals surface area contributed by atoms with Gasteiger partial charge in [0.25, 0.3) is 0 Å². The van der Waals surface area contributed by atoms with Gasteiger partial charge in [-0.3, -0.25) is 14.9 Å². The fourth-order valence-electron chi connectivity index (χ4n) is 0.849. The van der Waals surface area contributed by atoms with Crippen LogP contribution in [0.3, 0.4) is 0 Å². The van der Waals surface area contributed by atoms with E-state index in [2.05, 4.69) is 11.9 Å². The lowest BCUT2D eigenvalue weighted by Gasteiger charge is -2.00. The van der Waals surface area contributed by atoms with Gasteiger partial charge in [0.1, 0.15) is 0 Å². The average Bonchev–Trinajstić information content (AvgIpc) is 2.26. The van der Waals surface area contributed by atoms with E-state index in [9.17, 15) is 9.59 Å². The summed E-state index contributed by atoms with van der Waals surface area (Å²) >= 11 is 1.44. The smallest absolute Gasteiger partial charge is 0.240 e. The minimum Gasteiger partial charge on any atom is -0.295 e. The van der Waals surface area contributed by atoms with Crippen LogP contribution in [0.2, 0.25) is 0 Å². The van der Waals surface area contributed by atoms with Crippen LogP contribution < -0.4 is 5.32 Å². The largest absolute Gasteiger partial charge is 0.295 e. The van der Waals surface area contributed by atoms with Crippen LogP contribution in [0.15, 0.2) is 12.7 Å². The Labute approximate surface area is 69.2 Å². The van der Waals surface area contributed by atoms with E-state index in [1.54, 1.807) is 6.08 Å². The van der Waals surface area contributed by atoms with Gasteiger partial charge in [-0.25, -0.2) is 0 Å². The van der Waals surface area contributed by atoms with Crippen LogP contribution >= 0.6 is 11.8 Å². The Hall–Kier alpha value is -0.770. The second-order valence-electron chi connectivity index (χ2n) is 2.23. The summed E-state index contributed by atoms with van der Waals surface area (Å²) in [4.78, 5) is 21.6. The Balaban J connectivity index is 2.40. The highest BCUT2D eigenvalue weighted by Gasteiger charge is 2.29. The van der Waals surface area contributed by atoms with Crippen LogP contribution in [-0.4, -0.2) is 22.8 Å². The quantitative estimate of drug-likeness (QED) is 0.491. The molecule has 0 radical (unpaired) electrons. The van der Waals surface area contributed by atoms with Gasteiger partial charge in [-0.05, 0) is 0 Å². The number of hydrogen-bond donors (Lipinski definition) is 1. The first kappa shape index (κ1) is 8.33. The second kappa shape index (κ2) is 3.57. The van der Waals surface area contributed by atoms with Gasteiger partial charge >= 0.3 is 0 Å². The highest BCUT2D eigenvalue weighted by Crippen LogP contribution is 2.18. The van der Waals surface area contributed by atoms with Gasteiger partial charge in [0.15, 0.2) is 0 Å². The highest BCUT2D eigenvalue weighted by molar-refractivity contribution is 8.00. The summed E-state index contributed by atoms with van der Waals surface area (Å²) in [7, 11) is 0. The molecular formula is C7H9NO2S. The topological polar surface area (TPSA) is 46.2 Å². The van der Waals surface area contributed by atoms with Crippen molar-refractivity contribution >= 4 is 23.6 Å². The molecule has 1 unspecified atom stereocenters. The lowest BCUT2D eigenvalue weighted by molar-refractivity contribution is -0.124. The first-order valence-electron chi connectivity index (χ1n) is 3.30. The summed E-state index contributed by atoms with van der Waals surface area (Å²) < 4.78 is 0. The monoisotopic (exact) mass is 171 g/mol.